The van der Waals surface area contributed by atoms with E-state index in [2.05, 4.69) is 5.32 Å². The Labute approximate surface area is 122 Å². The fraction of sp³-hybridized carbons (Fsp3) is 0.133. The molecule has 0 aliphatic heterocycles. The van der Waals surface area contributed by atoms with Crippen molar-refractivity contribution < 1.29 is 9.53 Å². The van der Waals surface area contributed by atoms with E-state index in [-0.39, 0.29) is 5.91 Å². The van der Waals surface area contributed by atoms with Gasteiger partial charge < -0.3 is 15.8 Å². The summed E-state index contributed by atoms with van der Waals surface area (Å²) < 4.78 is 5.13. The molecule has 0 bridgehead atoms. The van der Waals surface area contributed by atoms with Gasteiger partial charge in [-0.1, -0.05) is 23.7 Å². The zero-order chi connectivity index (χ0) is 14.5. The number of halogens is 1. The second-order valence-electron chi connectivity index (χ2n) is 4.27. The lowest BCUT2D eigenvalue weighted by atomic mass is 10.1. The van der Waals surface area contributed by atoms with Crippen molar-refractivity contribution in [2.45, 2.75) is 6.54 Å². The molecule has 0 atom stereocenters. The summed E-state index contributed by atoms with van der Waals surface area (Å²) in [5, 5.41) is 3.32. The van der Waals surface area contributed by atoms with Crippen LogP contribution >= 0.6 is 11.6 Å². The van der Waals surface area contributed by atoms with Gasteiger partial charge in [-0.2, -0.15) is 0 Å². The van der Waals surface area contributed by atoms with E-state index in [0.29, 0.717) is 22.8 Å². The number of nitrogens with two attached hydrogens (primary N) is 1. The molecule has 2 rings (SSSR count). The molecule has 4 nitrogen and oxygen atoms in total. The first-order chi connectivity index (χ1) is 9.60. The molecule has 20 heavy (non-hydrogen) atoms. The van der Waals surface area contributed by atoms with Crippen LogP contribution in [0.1, 0.15) is 15.9 Å². The molecule has 1 amide bonds. The lowest BCUT2D eigenvalue weighted by Crippen LogP contribution is -2.23. The first-order valence-electron chi connectivity index (χ1n) is 6.06. The normalized spacial score (nSPS) is 10.1. The Hall–Kier alpha value is -2.20. The lowest BCUT2D eigenvalue weighted by molar-refractivity contribution is 0.0952. The molecule has 0 radical (unpaired) electrons. The van der Waals surface area contributed by atoms with Crippen LogP contribution in [0.5, 0.6) is 5.75 Å². The molecule has 0 saturated heterocycles. The molecular weight excluding hydrogens is 276 g/mol. The van der Waals surface area contributed by atoms with E-state index < -0.39 is 0 Å². The quantitative estimate of drug-likeness (QED) is 0.851. The van der Waals surface area contributed by atoms with Gasteiger partial charge in [-0.15, -0.1) is 0 Å². The van der Waals surface area contributed by atoms with Crippen molar-refractivity contribution in [1.82, 2.24) is 5.32 Å². The van der Waals surface area contributed by atoms with Crippen molar-refractivity contribution in [3.63, 3.8) is 0 Å². The minimum Gasteiger partial charge on any atom is -0.497 e. The second-order valence-corrected chi connectivity index (χ2v) is 4.70. The van der Waals surface area contributed by atoms with E-state index in [9.17, 15) is 4.79 Å². The third-order valence-electron chi connectivity index (χ3n) is 2.85. The minimum absolute atomic E-state index is 0.234. The fourth-order valence-corrected chi connectivity index (χ4v) is 1.98. The number of benzene rings is 2. The Morgan fingerprint density at radius 3 is 2.80 bits per heavy atom. The molecular formula is C15H15ClN2O2. The first kappa shape index (κ1) is 14.2. The maximum absolute atomic E-state index is 12.0. The van der Waals surface area contributed by atoms with Crippen LogP contribution in [-0.2, 0) is 6.54 Å². The van der Waals surface area contributed by atoms with Gasteiger partial charge in [0.1, 0.15) is 5.75 Å². The molecule has 0 spiro atoms. The van der Waals surface area contributed by atoms with Gasteiger partial charge in [0.2, 0.25) is 0 Å². The summed E-state index contributed by atoms with van der Waals surface area (Å²) in [4.78, 5) is 12.0. The molecule has 0 aliphatic carbocycles. The molecule has 0 unspecified atom stereocenters. The summed E-state index contributed by atoms with van der Waals surface area (Å²) in [6, 6.07) is 12.3. The highest BCUT2D eigenvalue weighted by Gasteiger charge is 2.09. The average Bonchev–Trinajstić information content (AvgIpc) is 2.45. The van der Waals surface area contributed by atoms with Gasteiger partial charge in [-0.05, 0) is 35.9 Å². The molecule has 5 heteroatoms. The smallest absolute Gasteiger partial charge is 0.253 e. The number of hydrogen-bond acceptors (Lipinski definition) is 3. The third kappa shape index (κ3) is 3.42. The van der Waals surface area contributed by atoms with Gasteiger partial charge >= 0.3 is 0 Å². The van der Waals surface area contributed by atoms with E-state index in [0.717, 1.165) is 11.3 Å². The van der Waals surface area contributed by atoms with Gasteiger partial charge in [0, 0.05) is 17.3 Å². The summed E-state index contributed by atoms with van der Waals surface area (Å²) in [7, 11) is 1.60. The SMILES string of the molecule is COc1cccc(CNC(=O)c2ccc(Cl)cc2N)c1. The Balaban J connectivity index is 2.04. The Morgan fingerprint density at radius 2 is 2.10 bits per heavy atom. The number of hydrogen-bond donors (Lipinski definition) is 2. The molecule has 3 N–H and O–H groups in total. The number of rotatable bonds is 4. The predicted molar refractivity (Wildman–Crippen MR) is 80.0 cm³/mol. The standard InChI is InChI=1S/C15H15ClN2O2/c1-20-12-4-2-3-10(7-12)9-18-15(19)13-6-5-11(16)8-14(13)17/h2-8H,9,17H2,1H3,(H,18,19). The first-order valence-corrected chi connectivity index (χ1v) is 6.44. The maximum Gasteiger partial charge on any atom is 0.253 e. The van der Waals surface area contributed by atoms with E-state index in [1.54, 1.807) is 25.3 Å². The predicted octanol–water partition coefficient (Wildman–Crippen LogP) is 2.86. The van der Waals surface area contributed by atoms with Crippen molar-refractivity contribution in [3.05, 3.63) is 58.6 Å². The molecule has 0 fully saturated rings. The van der Waals surface area contributed by atoms with Crippen LogP contribution in [0.2, 0.25) is 5.02 Å². The number of nitrogens with one attached hydrogen (secondary N) is 1. The van der Waals surface area contributed by atoms with E-state index in [4.69, 9.17) is 22.1 Å². The number of anilines is 1. The Kier molecular flexibility index (Phi) is 4.48. The number of ether oxygens (including phenoxy) is 1. The van der Waals surface area contributed by atoms with E-state index in [1.165, 1.54) is 0 Å². The van der Waals surface area contributed by atoms with E-state index in [1.807, 2.05) is 24.3 Å². The lowest BCUT2D eigenvalue weighted by Gasteiger charge is -2.09. The third-order valence-corrected chi connectivity index (χ3v) is 3.08. The molecule has 0 heterocycles. The minimum atomic E-state index is -0.234. The highest BCUT2D eigenvalue weighted by atomic mass is 35.5. The van der Waals surface area contributed by atoms with Gasteiger partial charge in [0.25, 0.3) is 5.91 Å². The fourth-order valence-electron chi connectivity index (χ4n) is 1.80. The number of methoxy groups -OCH3 is 1. The number of carbonyl (C=O) groups is 1. The van der Waals surface area contributed by atoms with Crippen LogP contribution in [0.15, 0.2) is 42.5 Å². The van der Waals surface area contributed by atoms with Crippen LogP contribution in [-0.4, -0.2) is 13.0 Å². The highest BCUT2D eigenvalue weighted by molar-refractivity contribution is 6.31. The maximum atomic E-state index is 12.0. The number of carbonyl (C=O) groups excluding carboxylic acids is 1. The average molecular weight is 291 g/mol. The summed E-state index contributed by atoms with van der Waals surface area (Å²) in [6.07, 6.45) is 0. The van der Waals surface area contributed by atoms with Gasteiger partial charge in [0.05, 0.1) is 12.7 Å². The zero-order valence-corrected chi connectivity index (χ0v) is 11.8. The number of nitrogen functional groups attached to an aromatic ring is 1. The van der Waals surface area contributed by atoms with Crippen molar-refractivity contribution in [2.24, 2.45) is 0 Å². The molecule has 0 aliphatic rings. The molecule has 0 saturated carbocycles. The van der Waals surface area contributed by atoms with Crippen molar-refractivity contribution in [3.8, 4) is 5.75 Å². The molecule has 104 valence electrons. The molecule has 2 aromatic rings. The summed E-state index contributed by atoms with van der Waals surface area (Å²) in [5.41, 5.74) is 7.50. The van der Waals surface area contributed by atoms with Crippen LogP contribution in [0.25, 0.3) is 0 Å². The second kappa shape index (κ2) is 6.30. The summed E-state index contributed by atoms with van der Waals surface area (Å²) >= 11 is 5.80. The van der Waals surface area contributed by atoms with Crippen LogP contribution in [0.3, 0.4) is 0 Å². The van der Waals surface area contributed by atoms with Crippen molar-refractivity contribution >= 4 is 23.2 Å². The van der Waals surface area contributed by atoms with Gasteiger partial charge in [-0.25, -0.2) is 0 Å². The molecule has 0 aromatic heterocycles. The van der Waals surface area contributed by atoms with E-state index >= 15 is 0 Å². The largest absolute Gasteiger partial charge is 0.497 e. The summed E-state index contributed by atoms with van der Waals surface area (Å²) in [6.45, 7) is 0.401. The van der Waals surface area contributed by atoms with Crippen LogP contribution in [0.4, 0.5) is 5.69 Å². The van der Waals surface area contributed by atoms with Gasteiger partial charge in [0.15, 0.2) is 0 Å². The molecule has 2 aromatic carbocycles. The topological polar surface area (TPSA) is 64.3 Å². The Morgan fingerprint density at radius 1 is 1.30 bits per heavy atom. The van der Waals surface area contributed by atoms with Crippen LogP contribution in [0, 0.1) is 0 Å². The summed E-state index contributed by atoms with van der Waals surface area (Å²) in [5.74, 6) is 0.518. The Bertz CT molecular complexity index is 629. The van der Waals surface area contributed by atoms with Gasteiger partial charge in [-0.3, -0.25) is 4.79 Å². The van der Waals surface area contributed by atoms with Crippen LogP contribution < -0.4 is 15.8 Å². The monoisotopic (exact) mass is 290 g/mol. The number of amides is 1. The van der Waals surface area contributed by atoms with Crippen molar-refractivity contribution in [2.75, 3.05) is 12.8 Å². The zero-order valence-electron chi connectivity index (χ0n) is 11.0. The van der Waals surface area contributed by atoms with Crippen molar-refractivity contribution in [1.29, 1.82) is 0 Å². The highest BCUT2D eigenvalue weighted by Crippen LogP contribution is 2.18.